The lowest BCUT2D eigenvalue weighted by Gasteiger charge is -2.18. The molecule has 0 rings (SSSR count). The topological polar surface area (TPSA) is 169 Å². The maximum atomic E-state index is 12.3. The smallest absolute Gasteiger partial charge is 0.472 e. The number of phosphoric ester groups is 1. The lowest BCUT2D eigenvalue weighted by molar-refractivity contribution is -0.147. The first-order valence-electron chi connectivity index (χ1n) is 24.5. The summed E-state index contributed by atoms with van der Waals surface area (Å²) in [6, 6.07) is -1.55. The van der Waals surface area contributed by atoms with Crippen LogP contribution in [0.1, 0.15) is 226 Å². The number of unbranched alkanes of at least 4 members (excludes halogenated alkanes) is 26. The highest BCUT2D eigenvalue weighted by atomic mass is 31.2. The van der Waals surface area contributed by atoms with Crippen LogP contribution < -0.4 is 5.32 Å². The summed E-state index contributed by atoms with van der Waals surface area (Å²) in [5.41, 5.74) is 0. The first-order valence-corrected chi connectivity index (χ1v) is 26.0. The number of carbonyl (C=O) groups is 3. The molecule has 356 valence electrons. The van der Waals surface area contributed by atoms with Crippen molar-refractivity contribution in [3.63, 3.8) is 0 Å². The predicted octanol–water partition coefficient (Wildman–Crippen LogP) is 13.2. The van der Waals surface area contributed by atoms with Gasteiger partial charge in [0.1, 0.15) is 12.7 Å². The minimum atomic E-state index is -4.76. The van der Waals surface area contributed by atoms with E-state index in [9.17, 15) is 34.1 Å². The quantitative estimate of drug-likeness (QED) is 0.0200. The lowest BCUT2D eigenvalue weighted by atomic mass is 10.1. The van der Waals surface area contributed by atoms with Crippen LogP contribution in [-0.2, 0) is 32.7 Å². The number of carboxylic acids is 1. The molecule has 4 N–H and O–H groups in total. The molecule has 0 saturated heterocycles. The van der Waals surface area contributed by atoms with Gasteiger partial charge in [-0.3, -0.25) is 18.6 Å². The zero-order valence-electron chi connectivity index (χ0n) is 38.7. The highest BCUT2D eigenvalue weighted by Crippen LogP contribution is 2.43. The Kier molecular flexibility index (Phi) is 42.6. The first-order chi connectivity index (χ1) is 29.6. The van der Waals surface area contributed by atoms with Crippen LogP contribution in [0.15, 0.2) is 36.5 Å². The van der Waals surface area contributed by atoms with E-state index in [1.165, 1.54) is 135 Å². The largest absolute Gasteiger partial charge is 0.480 e. The number of esters is 1. The molecule has 0 saturated carbocycles. The van der Waals surface area contributed by atoms with Gasteiger partial charge in [0, 0.05) is 12.8 Å². The summed E-state index contributed by atoms with van der Waals surface area (Å²) in [4.78, 5) is 46.1. The molecule has 61 heavy (non-hydrogen) atoms. The van der Waals surface area contributed by atoms with Crippen LogP contribution in [-0.4, -0.2) is 64.9 Å². The van der Waals surface area contributed by atoms with E-state index in [-0.39, 0.29) is 12.8 Å². The van der Waals surface area contributed by atoms with Gasteiger partial charge >= 0.3 is 19.8 Å². The van der Waals surface area contributed by atoms with Gasteiger partial charge in [0.05, 0.1) is 13.2 Å². The number of aliphatic hydroxyl groups excluding tert-OH is 1. The van der Waals surface area contributed by atoms with Crippen molar-refractivity contribution in [2.24, 2.45) is 0 Å². The third kappa shape index (κ3) is 44.1. The van der Waals surface area contributed by atoms with E-state index < -0.39 is 57.6 Å². The van der Waals surface area contributed by atoms with Gasteiger partial charge in [0.2, 0.25) is 5.91 Å². The summed E-state index contributed by atoms with van der Waals surface area (Å²) in [6.07, 6.45) is 48.7. The summed E-state index contributed by atoms with van der Waals surface area (Å²) >= 11 is 0. The fourth-order valence-corrected chi connectivity index (χ4v) is 7.58. The van der Waals surface area contributed by atoms with Gasteiger partial charge in [0.15, 0.2) is 6.04 Å². The molecule has 3 unspecified atom stereocenters. The van der Waals surface area contributed by atoms with Crippen LogP contribution in [0, 0.1) is 0 Å². The maximum Gasteiger partial charge on any atom is 0.472 e. The van der Waals surface area contributed by atoms with Crippen LogP contribution >= 0.6 is 7.82 Å². The summed E-state index contributed by atoms with van der Waals surface area (Å²) < 4.78 is 26.9. The second kappa shape index (κ2) is 44.3. The van der Waals surface area contributed by atoms with E-state index in [4.69, 9.17) is 13.8 Å². The van der Waals surface area contributed by atoms with Gasteiger partial charge in [0.25, 0.3) is 0 Å². The Labute approximate surface area is 371 Å². The average molecular weight is 884 g/mol. The van der Waals surface area contributed by atoms with Crippen molar-refractivity contribution in [2.45, 2.75) is 238 Å². The molecule has 0 aromatic carbocycles. The summed E-state index contributed by atoms with van der Waals surface area (Å²) in [6.45, 7) is 2.59. The number of ether oxygens (including phenoxy) is 1. The number of hydrogen-bond donors (Lipinski definition) is 4. The standard InChI is InChI=1S/C49H90NO10P/c1-3-5-7-9-11-13-15-17-19-21-23-24-26-28-30-32-34-36-38-40-47(52)50-46(49(54)55)44-60-61(56,57)59-43-45(51)42-58-48(53)41-39-37-35-33-31-29-27-25-22-20-18-16-14-12-10-8-6-4-2/h14,16-17,19-20,22,45-46,51H,3-13,15,18,21,23-44H2,1-2H3,(H,50,52)(H,54,55)(H,56,57)/b16-14-,19-17+,22-20-. The molecule has 0 spiro atoms. The van der Waals surface area contributed by atoms with Crippen molar-refractivity contribution >= 4 is 25.7 Å². The molecule has 0 aromatic heterocycles. The van der Waals surface area contributed by atoms with Gasteiger partial charge in [-0.1, -0.05) is 179 Å². The molecular formula is C49H90NO10P. The monoisotopic (exact) mass is 884 g/mol. The summed E-state index contributed by atoms with van der Waals surface area (Å²) in [5.74, 6) is -2.38. The van der Waals surface area contributed by atoms with Gasteiger partial charge in [-0.25, -0.2) is 9.36 Å². The van der Waals surface area contributed by atoms with Crippen molar-refractivity contribution in [3.8, 4) is 0 Å². The molecular weight excluding hydrogens is 794 g/mol. The number of nitrogens with one attached hydrogen (secondary N) is 1. The van der Waals surface area contributed by atoms with Crippen LogP contribution in [0.5, 0.6) is 0 Å². The highest BCUT2D eigenvalue weighted by molar-refractivity contribution is 7.47. The van der Waals surface area contributed by atoms with E-state index in [1.54, 1.807) is 0 Å². The maximum absolute atomic E-state index is 12.3. The molecule has 0 aromatic rings. The number of carbonyl (C=O) groups excluding carboxylic acids is 2. The normalized spacial score (nSPS) is 13.9. The zero-order chi connectivity index (χ0) is 44.9. The third-order valence-corrected chi connectivity index (χ3v) is 11.6. The van der Waals surface area contributed by atoms with Crippen molar-refractivity contribution in [1.29, 1.82) is 0 Å². The highest BCUT2D eigenvalue weighted by Gasteiger charge is 2.28. The number of amides is 1. The summed E-state index contributed by atoms with van der Waals surface area (Å²) in [5, 5.41) is 21.9. The number of hydrogen-bond acceptors (Lipinski definition) is 8. The van der Waals surface area contributed by atoms with Crippen LogP contribution in [0.3, 0.4) is 0 Å². The Morgan fingerprint density at radius 3 is 1.36 bits per heavy atom. The molecule has 12 heteroatoms. The van der Waals surface area contributed by atoms with Crippen molar-refractivity contribution in [1.82, 2.24) is 5.32 Å². The van der Waals surface area contributed by atoms with Crippen molar-refractivity contribution in [3.05, 3.63) is 36.5 Å². The second-order valence-corrected chi connectivity index (χ2v) is 18.1. The number of allylic oxidation sites excluding steroid dienone is 6. The minimum absolute atomic E-state index is 0.143. The second-order valence-electron chi connectivity index (χ2n) is 16.6. The average Bonchev–Trinajstić information content (AvgIpc) is 3.24. The fraction of sp³-hybridized carbons (Fsp3) is 0.816. The Morgan fingerprint density at radius 1 is 0.525 bits per heavy atom. The van der Waals surface area contributed by atoms with Crippen molar-refractivity contribution < 1.29 is 47.8 Å². The fourth-order valence-electron chi connectivity index (χ4n) is 6.81. The van der Waals surface area contributed by atoms with Crippen LogP contribution in [0.25, 0.3) is 0 Å². The van der Waals surface area contributed by atoms with E-state index in [2.05, 4.69) is 55.6 Å². The molecule has 0 fully saturated rings. The minimum Gasteiger partial charge on any atom is -0.480 e. The number of carboxylic acid groups (broad SMARTS) is 1. The molecule has 0 bridgehead atoms. The SMILES string of the molecule is CCCCCC/C=C\C/C=C\CCCCCCCCCC(=O)OCC(O)COP(=O)(O)OCC(NC(=O)CCCCCCCCCCC/C=C/CCCCCCCC)C(=O)O. The third-order valence-electron chi connectivity index (χ3n) is 10.7. The van der Waals surface area contributed by atoms with E-state index in [0.717, 1.165) is 51.4 Å². The van der Waals surface area contributed by atoms with Gasteiger partial charge in [-0.05, 0) is 70.6 Å². The number of aliphatic hydroxyl groups is 1. The molecule has 1 amide bonds. The first kappa shape index (κ1) is 58.7. The molecule has 0 aliphatic rings. The van der Waals surface area contributed by atoms with E-state index in [1.807, 2.05) is 0 Å². The van der Waals surface area contributed by atoms with Gasteiger partial charge in [-0.2, -0.15) is 0 Å². The molecule has 11 nitrogen and oxygen atoms in total. The molecule has 0 aliphatic heterocycles. The van der Waals surface area contributed by atoms with Gasteiger partial charge in [-0.15, -0.1) is 0 Å². The van der Waals surface area contributed by atoms with E-state index in [0.29, 0.717) is 12.8 Å². The number of aliphatic carboxylic acids is 1. The number of rotatable bonds is 46. The lowest BCUT2D eigenvalue weighted by Crippen LogP contribution is -2.43. The van der Waals surface area contributed by atoms with Gasteiger partial charge < -0.3 is 25.2 Å². The molecule has 3 atom stereocenters. The zero-order valence-corrected chi connectivity index (χ0v) is 39.6. The molecule has 0 radical (unpaired) electrons. The Morgan fingerprint density at radius 2 is 0.902 bits per heavy atom. The molecule has 0 heterocycles. The Hall–Kier alpha value is -2.30. The molecule has 0 aliphatic carbocycles. The van der Waals surface area contributed by atoms with E-state index >= 15 is 0 Å². The Balaban J connectivity index is 3.86. The van der Waals surface area contributed by atoms with Crippen molar-refractivity contribution in [2.75, 3.05) is 19.8 Å². The Bertz CT molecular complexity index is 1180. The summed E-state index contributed by atoms with van der Waals surface area (Å²) in [7, 11) is -4.76. The number of phosphoric acid groups is 1. The van der Waals surface area contributed by atoms with Crippen LogP contribution in [0.2, 0.25) is 0 Å². The van der Waals surface area contributed by atoms with Crippen LogP contribution in [0.4, 0.5) is 0 Å². The predicted molar refractivity (Wildman–Crippen MR) is 249 cm³/mol.